The highest BCUT2D eigenvalue weighted by Crippen LogP contribution is 2.21. The van der Waals surface area contributed by atoms with Crippen molar-refractivity contribution in [2.75, 3.05) is 11.9 Å². The van der Waals surface area contributed by atoms with E-state index in [1.54, 1.807) is 25.1 Å². The lowest BCUT2D eigenvalue weighted by molar-refractivity contribution is 0.0526. The van der Waals surface area contributed by atoms with Crippen molar-refractivity contribution >= 4 is 52.2 Å². The third-order valence-corrected chi connectivity index (χ3v) is 3.91. The largest absolute Gasteiger partial charge is 0.462 e. The predicted octanol–water partition coefficient (Wildman–Crippen LogP) is 4.66. The van der Waals surface area contributed by atoms with E-state index in [1.807, 2.05) is 24.3 Å². The van der Waals surface area contributed by atoms with Crippen molar-refractivity contribution < 1.29 is 9.53 Å². The van der Waals surface area contributed by atoms with Gasteiger partial charge in [0.05, 0.1) is 17.2 Å². The zero-order valence-corrected chi connectivity index (χ0v) is 15.3. The molecule has 0 saturated carbocycles. The van der Waals surface area contributed by atoms with Crippen molar-refractivity contribution in [3.63, 3.8) is 0 Å². The number of anilines is 1. The number of rotatable bonds is 5. The van der Waals surface area contributed by atoms with E-state index >= 15 is 0 Å². The van der Waals surface area contributed by atoms with Crippen molar-refractivity contribution in [3.8, 4) is 0 Å². The summed E-state index contributed by atoms with van der Waals surface area (Å²) in [6.45, 7) is 2.58. The molecule has 0 aliphatic heterocycles. The van der Waals surface area contributed by atoms with Gasteiger partial charge in [0.25, 0.3) is 0 Å². The average molecular weight is 383 g/mol. The molecule has 2 N–H and O–H groups in total. The van der Waals surface area contributed by atoms with Crippen LogP contribution < -0.4 is 10.6 Å². The molecule has 0 unspecified atom stereocenters. The number of esters is 1. The number of nitrogens with one attached hydrogen (secondary N) is 2. The Morgan fingerprint density at radius 1 is 1.17 bits per heavy atom. The van der Waals surface area contributed by atoms with Crippen LogP contribution in [0.2, 0.25) is 10.0 Å². The SMILES string of the molecule is CCOC(=O)c1cc(NC(=S)NCc2ccc(Cl)cc2)ccc1Cl. The van der Waals surface area contributed by atoms with Gasteiger partial charge in [-0.1, -0.05) is 35.3 Å². The first-order valence-electron chi connectivity index (χ1n) is 7.25. The fourth-order valence-corrected chi connectivity index (χ4v) is 2.44. The maximum absolute atomic E-state index is 11.8. The second kappa shape index (κ2) is 8.87. The van der Waals surface area contributed by atoms with E-state index in [4.69, 9.17) is 40.2 Å². The summed E-state index contributed by atoms with van der Waals surface area (Å²) in [7, 11) is 0. The summed E-state index contributed by atoms with van der Waals surface area (Å²) in [6.07, 6.45) is 0. The monoisotopic (exact) mass is 382 g/mol. The highest BCUT2D eigenvalue weighted by Gasteiger charge is 2.12. The molecule has 0 aliphatic carbocycles. The van der Waals surface area contributed by atoms with E-state index in [-0.39, 0.29) is 6.61 Å². The smallest absolute Gasteiger partial charge is 0.339 e. The molecule has 2 aromatic rings. The van der Waals surface area contributed by atoms with Gasteiger partial charge in [-0.3, -0.25) is 0 Å². The van der Waals surface area contributed by atoms with Crippen molar-refractivity contribution in [1.29, 1.82) is 0 Å². The van der Waals surface area contributed by atoms with Crippen LogP contribution in [0.4, 0.5) is 5.69 Å². The lowest BCUT2D eigenvalue weighted by atomic mass is 10.2. The molecular weight excluding hydrogens is 367 g/mol. The van der Waals surface area contributed by atoms with E-state index in [2.05, 4.69) is 10.6 Å². The Morgan fingerprint density at radius 3 is 2.54 bits per heavy atom. The highest BCUT2D eigenvalue weighted by molar-refractivity contribution is 7.80. The topological polar surface area (TPSA) is 50.4 Å². The Bertz CT molecular complexity index is 736. The number of thiocarbonyl (C=S) groups is 1. The number of hydrogen-bond donors (Lipinski definition) is 2. The van der Waals surface area contributed by atoms with Crippen molar-refractivity contribution in [3.05, 3.63) is 63.6 Å². The van der Waals surface area contributed by atoms with Gasteiger partial charge < -0.3 is 15.4 Å². The molecule has 0 atom stereocenters. The van der Waals surface area contributed by atoms with Crippen LogP contribution in [0.1, 0.15) is 22.8 Å². The number of hydrogen-bond acceptors (Lipinski definition) is 3. The fourth-order valence-electron chi connectivity index (χ4n) is 1.93. The van der Waals surface area contributed by atoms with Crippen molar-refractivity contribution in [2.24, 2.45) is 0 Å². The minimum absolute atomic E-state index is 0.286. The van der Waals surface area contributed by atoms with E-state index in [0.717, 1.165) is 5.56 Å². The van der Waals surface area contributed by atoms with Gasteiger partial charge in [-0.15, -0.1) is 0 Å². The normalized spacial score (nSPS) is 10.1. The molecule has 4 nitrogen and oxygen atoms in total. The van der Waals surface area contributed by atoms with Gasteiger partial charge in [0.15, 0.2) is 5.11 Å². The van der Waals surface area contributed by atoms with Crippen LogP contribution >= 0.6 is 35.4 Å². The van der Waals surface area contributed by atoms with Crippen molar-refractivity contribution in [2.45, 2.75) is 13.5 Å². The molecule has 0 spiro atoms. The maximum Gasteiger partial charge on any atom is 0.339 e. The minimum Gasteiger partial charge on any atom is -0.462 e. The van der Waals surface area contributed by atoms with Gasteiger partial charge in [-0.05, 0) is 55.0 Å². The van der Waals surface area contributed by atoms with E-state index in [0.29, 0.717) is 33.0 Å². The Labute approximate surface area is 156 Å². The second-order valence-electron chi connectivity index (χ2n) is 4.85. The highest BCUT2D eigenvalue weighted by atomic mass is 35.5. The van der Waals surface area contributed by atoms with Crippen LogP contribution in [-0.4, -0.2) is 17.7 Å². The Kier molecular flexibility index (Phi) is 6.85. The molecule has 7 heteroatoms. The van der Waals surface area contributed by atoms with Crippen LogP contribution in [-0.2, 0) is 11.3 Å². The third kappa shape index (κ3) is 5.37. The fraction of sp³-hybridized carbons (Fsp3) is 0.176. The second-order valence-corrected chi connectivity index (χ2v) is 6.10. The summed E-state index contributed by atoms with van der Waals surface area (Å²) < 4.78 is 4.97. The predicted molar refractivity (Wildman–Crippen MR) is 102 cm³/mol. The van der Waals surface area contributed by atoms with Gasteiger partial charge in [0.2, 0.25) is 0 Å². The molecule has 0 saturated heterocycles. The standard InChI is InChI=1S/C17H16Cl2N2O2S/c1-2-23-16(22)14-9-13(7-8-15(14)19)21-17(24)20-10-11-3-5-12(18)6-4-11/h3-9H,2,10H2,1H3,(H2,20,21,24). The number of carbonyl (C=O) groups is 1. The van der Waals surface area contributed by atoms with Gasteiger partial charge in [0, 0.05) is 17.3 Å². The summed E-state index contributed by atoms with van der Waals surface area (Å²) in [5.41, 5.74) is 1.99. The third-order valence-electron chi connectivity index (χ3n) is 3.09. The first-order chi connectivity index (χ1) is 11.5. The summed E-state index contributed by atoms with van der Waals surface area (Å²) in [4.78, 5) is 11.8. The molecule has 2 aromatic carbocycles. The minimum atomic E-state index is -0.466. The Hall–Kier alpha value is -1.82. The molecule has 0 bridgehead atoms. The summed E-state index contributed by atoms with van der Waals surface area (Å²) in [5.74, 6) is -0.466. The van der Waals surface area contributed by atoms with E-state index in [9.17, 15) is 4.79 Å². The molecule has 0 fully saturated rings. The Morgan fingerprint density at radius 2 is 1.88 bits per heavy atom. The van der Waals surface area contributed by atoms with E-state index < -0.39 is 5.97 Å². The first kappa shape index (κ1) is 18.5. The zero-order valence-electron chi connectivity index (χ0n) is 12.9. The van der Waals surface area contributed by atoms with E-state index in [1.165, 1.54) is 0 Å². The molecule has 0 amide bonds. The molecule has 2 rings (SSSR count). The summed E-state index contributed by atoms with van der Waals surface area (Å²) in [6, 6.07) is 12.4. The van der Waals surface area contributed by atoms with Gasteiger partial charge in [-0.25, -0.2) is 4.79 Å². The number of halogens is 2. The lowest BCUT2D eigenvalue weighted by Crippen LogP contribution is -2.28. The van der Waals surface area contributed by atoms with Crippen molar-refractivity contribution in [1.82, 2.24) is 5.32 Å². The van der Waals surface area contributed by atoms with Gasteiger partial charge >= 0.3 is 5.97 Å². The molecule has 0 heterocycles. The molecule has 126 valence electrons. The lowest BCUT2D eigenvalue weighted by Gasteiger charge is -2.12. The van der Waals surface area contributed by atoms with Crippen LogP contribution in [0.3, 0.4) is 0 Å². The van der Waals surface area contributed by atoms with Crippen LogP contribution in [0.5, 0.6) is 0 Å². The van der Waals surface area contributed by atoms with Gasteiger partial charge in [0.1, 0.15) is 0 Å². The molecule has 24 heavy (non-hydrogen) atoms. The number of carbonyl (C=O) groups excluding carboxylic acids is 1. The summed E-state index contributed by atoms with van der Waals surface area (Å²) in [5, 5.41) is 7.55. The quantitative estimate of drug-likeness (QED) is 0.581. The van der Waals surface area contributed by atoms with Gasteiger partial charge in [-0.2, -0.15) is 0 Å². The Balaban J connectivity index is 1.97. The number of ether oxygens (including phenoxy) is 1. The average Bonchev–Trinajstić information content (AvgIpc) is 2.56. The molecule has 0 radical (unpaired) electrons. The summed E-state index contributed by atoms with van der Waals surface area (Å²) >= 11 is 17.1. The zero-order chi connectivity index (χ0) is 17.5. The maximum atomic E-state index is 11.8. The molecule has 0 aliphatic rings. The van der Waals surface area contributed by atoms with Crippen LogP contribution in [0.25, 0.3) is 0 Å². The first-order valence-corrected chi connectivity index (χ1v) is 8.42. The molecule has 0 aromatic heterocycles. The van der Waals surface area contributed by atoms with Crippen LogP contribution in [0, 0.1) is 0 Å². The molecular formula is C17H16Cl2N2O2S. The van der Waals surface area contributed by atoms with Crippen LogP contribution in [0.15, 0.2) is 42.5 Å². The number of benzene rings is 2.